The molecule has 0 saturated carbocycles. The largest absolute Gasteiger partial charge is 0.469 e. The van der Waals surface area contributed by atoms with Crippen LogP contribution >= 0.6 is 0 Å². The minimum Gasteiger partial charge on any atom is -0.469 e. The van der Waals surface area contributed by atoms with Gasteiger partial charge in [0.15, 0.2) is 0 Å². The van der Waals surface area contributed by atoms with E-state index in [1.807, 2.05) is 0 Å². The van der Waals surface area contributed by atoms with Crippen LogP contribution in [0.4, 0.5) is 18.9 Å². The van der Waals surface area contributed by atoms with Crippen LogP contribution in [0.25, 0.3) is 0 Å². The van der Waals surface area contributed by atoms with Gasteiger partial charge in [-0.05, 0) is 55.9 Å². The number of anilines is 1. The number of halogens is 3. The number of furan rings is 1. The number of aryl methyl sites for hydroxylation is 1. The van der Waals surface area contributed by atoms with Crippen LogP contribution < -0.4 is 10.2 Å². The second kappa shape index (κ2) is 9.64. The summed E-state index contributed by atoms with van der Waals surface area (Å²) in [7, 11) is 1.56. The number of likely N-dealkylation sites (tertiary alicyclic amines) is 1. The molecule has 3 heterocycles. The van der Waals surface area contributed by atoms with Gasteiger partial charge in [-0.15, -0.1) is 0 Å². The molecule has 2 aliphatic heterocycles. The van der Waals surface area contributed by atoms with Crippen molar-refractivity contribution in [2.45, 2.75) is 25.9 Å². The molecule has 7 nitrogen and oxygen atoms in total. The van der Waals surface area contributed by atoms with Gasteiger partial charge in [0, 0.05) is 38.9 Å². The van der Waals surface area contributed by atoms with Crippen molar-refractivity contribution in [3.05, 3.63) is 53.0 Å². The number of amides is 2. The lowest BCUT2D eigenvalue weighted by Gasteiger charge is -2.36. The molecule has 2 atom stereocenters. The molecule has 2 aromatic rings. The maximum atomic E-state index is 13.5. The fourth-order valence-electron chi connectivity index (χ4n) is 5.35. The number of benzene rings is 1. The summed E-state index contributed by atoms with van der Waals surface area (Å²) in [6, 6.07) is 6.95. The van der Waals surface area contributed by atoms with Gasteiger partial charge in [0.2, 0.25) is 5.91 Å². The van der Waals surface area contributed by atoms with Crippen LogP contribution in [0.15, 0.2) is 34.9 Å². The Kier molecular flexibility index (Phi) is 6.79. The monoisotopic (exact) mass is 488 g/mol. The van der Waals surface area contributed by atoms with Crippen LogP contribution in [-0.4, -0.2) is 49.9 Å². The average molecular weight is 489 g/mol. The van der Waals surface area contributed by atoms with E-state index in [0.29, 0.717) is 56.0 Å². The van der Waals surface area contributed by atoms with Crippen LogP contribution in [-0.2, 0) is 11.0 Å². The highest BCUT2D eigenvalue weighted by Crippen LogP contribution is 2.40. The number of hydrogen-bond donors (Lipinski definition) is 1. The first-order valence-electron chi connectivity index (χ1n) is 11.5. The first kappa shape index (κ1) is 24.6. The van der Waals surface area contributed by atoms with Crippen molar-refractivity contribution in [3.8, 4) is 6.07 Å². The van der Waals surface area contributed by atoms with Gasteiger partial charge >= 0.3 is 6.18 Å². The third-order valence-corrected chi connectivity index (χ3v) is 7.26. The minimum absolute atomic E-state index is 0.0622. The summed E-state index contributed by atoms with van der Waals surface area (Å²) in [4.78, 5) is 29.1. The lowest BCUT2D eigenvalue weighted by molar-refractivity contribution is -0.137. The Balaban J connectivity index is 1.51. The quantitative estimate of drug-likeness (QED) is 0.707. The highest BCUT2D eigenvalue weighted by atomic mass is 19.4. The fraction of sp³-hybridized carbons (Fsp3) is 0.480. The Hall–Kier alpha value is -3.48. The van der Waals surface area contributed by atoms with Gasteiger partial charge in [0.1, 0.15) is 5.76 Å². The fourth-order valence-corrected chi connectivity index (χ4v) is 5.35. The second-order valence-corrected chi connectivity index (χ2v) is 9.15. The van der Waals surface area contributed by atoms with Crippen LogP contribution in [0.5, 0.6) is 0 Å². The van der Waals surface area contributed by atoms with Crippen molar-refractivity contribution in [1.29, 1.82) is 5.26 Å². The highest BCUT2D eigenvalue weighted by Gasteiger charge is 2.43. The molecule has 0 spiro atoms. The SMILES string of the molecule is CNC(=O)[C@@H]1CN(c2ccc(C#N)c(C(F)(F)F)c2)C[C@H]1C1CCN(C(=O)c2ccoc2C)CC1. The highest BCUT2D eigenvalue weighted by molar-refractivity contribution is 5.95. The van der Waals surface area contributed by atoms with E-state index < -0.39 is 17.3 Å². The third kappa shape index (κ3) is 4.85. The molecule has 2 fully saturated rings. The lowest BCUT2D eigenvalue weighted by atomic mass is 9.78. The Morgan fingerprint density at radius 1 is 1.17 bits per heavy atom. The van der Waals surface area contributed by atoms with Crippen LogP contribution in [0.2, 0.25) is 0 Å². The van der Waals surface area contributed by atoms with Gasteiger partial charge < -0.3 is 19.5 Å². The van der Waals surface area contributed by atoms with E-state index in [-0.39, 0.29) is 29.6 Å². The summed E-state index contributed by atoms with van der Waals surface area (Å²) in [5, 5.41) is 11.8. The van der Waals surface area contributed by atoms with Crippen molar-refractivity contribution in [2.24, 2.45) is 17.8 Å². The van der Waals surface area contributed by atoms with Gasteiger partial charge in [-0.2, -0.15) is 18.4 Å². The topological polar surface area (TPSA) is 89.6 Å². The van der Waals surface area contributed by atoms with Crippen molar-refractivity contribution >= 4 is 17.5 Å². The van der Waals surface area contributed by atoms with Crippen LogP contribution in [0.1, 0.15) is 40.1 Å². The number of nitrogens with zero attached hydrogens (tertiary/aromatic N) is 3. The molecule has 0 radical (unpaired) electrons. The number of piperidine rings is 1. The standard InChI is InChI=1S/C25H27F3N4O3/c1-15-19(7-10-35-15)24(34)31-8-5-16(6-9-31)20-13-32(14-21(20)23(33)30-2)18-4-3-17(12-29)22(11-18)25(26,27)28/h3-4,7,10-11,16,20-21H,5-6,8-9,13-14H2,1-2H3,(H,30,33)/t20-,21+/m0/s1. The number of nitriles is 1. The molecule has 4 rings (SSSR count). The molecule has 2 amide bonds. The number of alkyl halides is 3. The van der Waals surface area contributed by atoms with Gasteiger partial charge in [0.05, 0.1) is 34.9 Å². The summed E-state index contributed by atoms with van der Waals surface area (Å²) < 4.78 is 45.7. The zero-order chi connectivity index (χ0) is 25.3. The van der Waals surface area contributed by atoms with E-state index in [1.165, 1.54) is 18.4 Å². The Morgan fingerprint density at radius 3 is 2.46 bits per heavy atom. The van der Waals surface area contributed by atoms with E-state index in [4.69, 9.17) is 9.68 Å². The maximum absolute atomic E-state index is 13.5. The molecule has 2 saturated heterocycles. The molecular weight excluding hydrogens is 461 g/mol. The number of hydrogen-bond acceptors (Lipinski definition) is 5. The Bertz CT molecular complexity index is 1150. The van der Waals surface area contributed by atoms with Gasteiger partial charge in [-0.1, -0.05) is 0 Å². The summed E-state index contributed by atoms with van der Waals surface area (Å²) >= 11 is 0. The van der Waals surface area contributed by atoms with Crippen molar-refractivity contribution in [2.75, 3.05) is 38.1 Å². The average Bonchev–Trinajstić information content (AvgIpc) is 3.49. The van der Waals surface area contributed by atoms with E-state index in [2.05, 4.69) is 5.32 Å². The van der Waals surface area contributed by atoms with E-state index in [1.54, 1.807) is 35.9 Å². The number of carbonyl (C=O) groups is 2. The lowest BCUT2D eigenvalue weighted by Crippen LogP contribution is -2.43. The maximum Gasteiger partial charge on any atom is 0.417 e. The Labute approximate surface area is 201 Å². The molecule has 1 aromatic carbocycles. The molecule has 2 aliphatic rings. The second-order valence-electron chi connectivity index (χ2n) is 9.15. The minimum atomic E-state index is -4.65. The smallest absolute Gasteiger partial charge is 0.417 e. The molecule has 0 unspecified atom stereocenters. The van der Waals surface area contributed by atoms with E-state index >= 15 is 0 Å². The number of carbonyl (C=O) groups excluding carboxylic acids is 2. The normalized spacial score (nSPS) is 21.1. The Morgan fingerprint density at radius 2 is 1.89 bits per heavy atom. The molecule has 1 N–H and O–H groups in total. The van der Waals surface area contributed by atoms with Crippen molar-refractivity contribution < 1.29 is 27.2 Å². The molecular formula is C25H27F3N4O3. The summed E-state index contributed by atoms with van der Waals surface area (Å²) in [5.41, 5.74) is -0.515. The molecule has 0 bridgehead atoms. The van der Waals surface area contributed by atoms with Gasteiger partial charge in [-0.25, -0.2) is 0 Å². The van der Waals surface area contributed by atoms with E-state index in [0.717, 1.165) is 6.07 Å². The van der Waals surface area contributed by atoms with E-state index in [9.17, 15) is 22.8 Å². The van der Waals surface area contributed by atoms with Gasteiger partial charge in [0.25, 0.3) is 5.91 Å². The summed E-state index contributed by atoms with van der Waals surface area (Å²) in [6.45, 7) is 3.55. The van der Waals surface area contributed by atoms with Crippen LogP contribution in [0.3, 0.4) is 0 Å². The number of rotatable bonds is 4. The predicted octanol–water partition coefficient (Wildman–Crippen LogP) is 3.83. The summed E-state index contributed by atoms with van der Waals surface area (Å²) in [5.74, 6) is 0.0555. The predicted molar refractivity (Wildman–Crippen MR) is 121 cm³/mol. The molecule has 10 heteroatoms. The molecule has 1 aromatic heterocycles. The van der Waals surface area contributed by atoms with Crippen LogP contribution in [0, 0.1) is 36.0 Å². The molecule has 35 heavy (non-hydrogen) atoms. The molecule has 186 valence electrons. The van der Waals surface area contributed by atoms with Crippen molar-refractivity contribution in [1.82, 2.24) is 10.2 Å². The zero-order valence-electron chi connectivity index (χ0n) is 19.6. The summed E-state index contributed by atoms with van der Waals surface area (Å²) in [6.07, 6.45) is -1.75. The molecule has 0 aliphatic carbocycles. The first-order valence-corrected chi connectivity index (χ1v) is 11.5. The third-order valence-electron chi connectivity index (χ3n) is 7.26. The first-order chi connectivity index (χ1) is 16.6. The zero-order valence-corrected chi connectivity index (χ0v) is 19.6. The number of nitrogens with one attached hydrogen (secondary N) is 1. The van der Waals surface area contributed by atoms with Crippen molar-refractivity contribution in [3.63, 3.8) is 0 Å². The van der Waals surface area contributed by atoms with Gasteiger partial charge in [-0.3, -0.25) is 9.59 Å².